The van der Waals surface area contributed by atoms with Crippen LogP contribution < -0.4 is 0 Å². The summed E-state index contributed by atoms with van der Waals surface area (Å²) in [5, 5.41) is 17.3. The monoisotopic (exact) mass is 236 g/mol. The molecule has 0 aromatic rings. The summed E-state index contributed by atoms with van der Waals surface area (Å²) in [5.74, 6) is -4.54. The quantitative estimate of drug-likeness (QED) is 0.317. The molecule has 0 aliphatic rings. The molecule has 0 rings (SSSR count). The van der Waals surface area contributed by atoms with E-state index in [1.165, 1.54) is 0 Å². The predicted octanol–water partition coefficient (Wildman–Crippen LogP) is -1.63. The summed E-state index contributed by atoms with van der Waals surface area (Å²) in [6, 6.07) is 0. The van der Waals surface area contributed by atoms with E-state index in [9.17, 15) is 9.13 Å². The Hall–Kier alpha value is 0.220. The van der Waals surface area contributed by atoms with E-state index < -0.39 is 33.3 Å². The Morgan fingerprint density at radius 1 is 0.846 bits per heavy atom. The summed E-state index contributed by atoms with van der Waals surface area (Å²) in [5.41, 5.74) is 0. The highest BCUT2D eigenvalue weighted by molar-refractivity contribution is 7.53. The summed E-state index contributed by atoms with van der Waals surface area (Å²) in [6.07, 6.45) is -1.07. The van der Waals surface area contributed by atoms with Gasteiger partial charge in [0.25, 0.3) is 0 Å². The molecular weight excluding hydrogens is 226 g/mol. The zero-order chi connectivity index (χ0) is 10.9. The maximum absolute atomic E-state index is 10.3. The smallest absolute Gasteiger partial charge is 0.353 e. The molecule has 0 aliphatic carbocycles. The van der Waals surface area contributed by atoms with Crippen LogP contribution in [-0.4, -0.2) is 41.5 Å². The summed E-state index contributed by atoms with van der Waals surface area (Å²) >= 11 is 0. The first-order valence-corrected chi connectivity index (χ1v) is 6.38. The lowest BCUT2D eigenvalue weighted by Crippen LogP contribution is -2.17. The zero-order valence-electron chi connectivity index (χ0n) is 6.26. The lowest BCUT2D eigenvalue weighted by Gasteiger charge is -2.17. The van der Waals surface area contributed by atoms with Gasteiger partial charge in [0.05, 0.1) is 0 Å². The van der Waals surface area contributed by atoms with Crippen LogP contribution in [0.15, 0.2) is 0 Å². The van der Waals surface area contributed by atoms with Gasteiger partial charge in [0, 0.05) is 6.42 Å². The Morgan fingerprint density at radius 3 is 1.23 bits per heavy atom. The molecule has 0 saturated heterocycles. The van der Waals surface area contributed by atoms with E-state index in [1.807, 2.05) is 0 Å². The van der Waals surface area contributed by atoms with Crippen molar-refractivity contribution in [2.24, 2.45) is 0 Å². The van der Waals surface area contributed by atoms with Crippen molar-refractivity contribution < 1.29 is 38.9 Å². The van der Waals surface area contributed by atoms with Gasteiger partial charge in [0.2, 0.25) is 0 Å². The third-order valence-electron chi connectivity index (χ3n) is 1.20. The molecule has 80 valence electrons. The van der Waals surface area contributed by atoms with Crippen LogP contribution in [-0.2, 0) is 9.13 Å². The first kappa shape index (κ1) is 13.2. The van der Waals surface area contributed by atoms with E-state index in [1.54, 1.807) is 0 Å². The minimum absolute atomic E-state index is 1.07. The Bertz CT molecular complexity index is 224. The zero-order valence-corrected chi connectivity index (χ0v) is 8.04. The molecule has 0 heterocycles. The highest BCUT2D eigenvalue weighted by Gasteiger charge is 2.35. The minimum atomic E-state index is -4.83. The summed E-state index contributed by atoms with van der Waals surface area (Å²) in [7, 11) is -9.66. The van der Waals surface area contributed by atoms with Crippen molar-refractivity contribution >= 4 is 15.2 Å². The Labute approximate surface area is 73.2 Å². The third kappa shape index (κ3) is 4.85. The molecular formula is C3H10O8P2. The molecule has 0 aliphatic heterocycles. The highest BCUT2D eigenvalue weighted by atomic mass is 31.2. The average Bonchev–Trinajstić information content (AvgIpc) is 1.82. The predicted molar refractivity (Wildman–Crippen MR) is 40.7 cm³/mol. The van der Waals surface area contributed by atoms with Crippen molar-refractivity contribution in [1.82, 2.24) is 0 Å². The second-order valence-electron chi connectivity index (χ2n) is 2.38. The maximum atomic E-state index is 10.3. The number of hydrogen-bond acceptors (Lipinski definition) is 4. The van der Waals surface area contributed by atoms with Crippen LogP contribution >= 0.6 is 15.2 Å². The number of aliphatic hydroxyl groups excluding tert-OH is 2. The highest BCUT2D eigenvalue weighted by Crippen LogP contribution is 2.48. The topological polar surface area (TPSA) is 156 Å². The van der Waals surface area contributed by atoms with Crippen molar-refractivity contribution in [3.8, 4) is 0 Å². The molecule has 2 unspecified atom stereocenters. The molecule has 0 spiro atoms. The van der Waals surface area contributed by atoms with Crippen LogP contribution in [0.2, 0.25) is 0 Å². The average molecular weight is 236 g/mol. The van der Waals surface area contributed by atoms with Gasteiger partial charge in [-0.15, -0.1) is 0 Å². The fraction of sp³-hybridized carbons (Fsp3) is 1.00. The molecule has 6 N–H and O–H groups in total. The lowest BCUT2D eigenvalue weighted by atomic mass is 10.5. The normalized spacial score (nSPS) is 18.3. The standard InChI is InChI=1S/C3H10O8P2/c4-2(12(6,7)8)1-3(5)13(9,10)11/h2-5H,1H2,(H2,6,7,8)(H2,9,10,11). The molecule has 0 saturated carbocycles. The molecule has 8 nitrogen and oxygen atoms in total. The van der Waals surface area contributed by atoms with Crippen molar-refractivity contribution in [2.75, 3.05) is 0 Å². The Morgan fingerprint density at radius 2 is 1.08 bits per heavy atom. The van der Waals surface area contributed by atoms with E-state index in [2.05, 4.69) is 0 Å². The van der Waals surface area contributed by atoms with E-state index in [0.717, 1.165) is 0 Å². The van der Waals surface area contributed by atoms with Gasteiger partial charge in [-0.1, -0.05) is 0 Å². The van der Waals surface area contributed by atoms with Gasteiger partial charge >= 0.3 is 15.2 Å². The first-order valence-electron chi connectivity index (χ1n) is 3.01. The van der Waals surface area contributed by atoms with Gasteiger partial charge in [-0.05, 0) is 0 Å². The van der Waals surface area contributed by atoms with Crippen LogP contribution in [0.25, 0.3) is 0 Å². The molecule has 2 atom stereocenters. The van der Waals surface area contributed by atoms with Crippen LogP contribution in [0.1, 0.15) is 6.42 Å². The Kier molecular flexibility index (Phi) is 4.23. The van der Waals surface area contributed by atoms with E-state index in [4.69, 9.17) is 29.8 Å². The van der Waals surface area contributed by atoms with E-state index in [0.29, 0.717) is 0 Å². The van der Waals surface area contributed by atoms with Gasteiger partial charge in [0.15, 0.2) is 11.7 Å². The molecule has 0 amide bonds. The molecule has 0 bridgehead atoms. The van der Waals surface area contributed by atoms with Crippen molar-refractivity contribution in [2.45, 2.75) is 18.1 Å². The summed E-state index contributed by atoms with van der Waals surface area (Å²) in [6.45, 7) is 0. The van der Waals surface area contributed by atoms with Crippen molar-refractivity contribution in [3.63, 3.8) is 0 Å². The fourth-order valence-corrected chi connectivity index (χ4v) is 1.58. The van der Waals surface area contributed by atoms with Gasteiger partial charge in [-0.2, -0.15) is 0 Å². The second-order valence-corrected chi connectivity index (χ2v) is 5.92. The Balaban J connectivity index is 4.32. The maximum Gasteiger partial charge on any atom is 0.353 e. The lowest BCUT2D eigenvalue weighted by molar-refractivity contribution is 0.127. The first-order chi connectivity index (χ1) is 5.55. The number of rotatable bonds is 4. The SMILES string of the molecule is O=P(O)(O)C(O)CC(O)P(=O)(O)O. The molecule has 0 aromatic carbocycles. The van der Waals surface area contributed by atoms with Gasteiger partial charge in [-0.3, -0.25) is 9.13 Å². The molecule has 0 radical (unpaired) electrons. The minimum Gasteiger partial charge on any atom is -0.380 e. The van der Waals surface area contributed by atoms with Gasteiger partial charge in [-0.25, -0.2) is 0 Å². The molecule has 0 fully saturated rings. The molecule has 0 aromatic heterocycles. The summed E-state index contributed by atoms with van der Waals surface area (Å²) in [4.78, 5) is 33.2. The fourth-order valence-electron chi connectivity index (χ4n) is 0.463. The second kappa shape index (κ2) is 4.16. The molecule has 10 heteroatoms. The van der Waals surface area contributed by atoms with Crippen LogP contribution in [0.4, 0.5) is 0 Å². The van der Waals surface area contributed by atoms with Crippen molar-refractivity contribution in [3.05, 3.63) is 0 Å². The number of aliphatic hydroxyl groups is 2. The van der Waals surface area contributed by atoms with Crippen LogP contribution in [0.3, 0.4) is 0 Å². The van der Waals surface area contributed by atoms with Crippen LogP contribution in [0.5, 0.6) is 0 Å². The van der Waals surface area contributed by atoms with E-state index >= 15 is 0 Å². The van der Waals surface area contributed by atoms with Gasteiger partial charge < -0.3 is 29.8 Å². The van der Waals surface area contributed by atoms with E-state index in [-0.39, 0.29) is 0 Å². The largest absolute Gasteiger partial charge is 0.380 e. The number of hydrogen-bond donors (Lipinski definition) is 6. The van der Waals surface area contributed by atoms with Crippen molar-refractivity contribution in [1.29, 1.82) is 0 Å². The third-order valence-corrected chi connectivity index (χ3v) is 3.17. The van der Waals surface area contributed by atoms with Crippen LogP contribution in [0, 0.1) is 0 Å². The summed E-state index contributed by atoms with van der Waals surface area (Å²) < 4.78 is 20.5. The molecule has 13 heavy (non-hydrogen) atoms. The van der Waals surface area contributed by atoms with Gasteiger partial charge in [0.1, 0.15) is 0 Å².